The Bertz CT molecular complexity index is 342. The monoisotopic (exact) mass is 241 g/mol. The lowest BCUT2D eigenvalue weighted by Gasteiger charge is -2.31. The van der Waals surface area contributed by atoms with Crippen LogP contribution in [0.15, 0.2) is 11.7 Å². The van der Waals surface area contributed by atoms with Gasteiger partial charge in [0.2, 0.25) is 5.91 Å². The van der Waals surface area contributed by atoms with Crippen LogP contribution in [0.5, 0.6) is 0 Å². The van der Waals surface area contributed by atoms with Gasteiger partial charge < -0.3 is 10.1 Å². The minimum atomic E-state index is -0.341. The Hall–Kier alpha value is -0.980. The normalized spacial score (nSPS) is 21.9. The third kappa shape index (κ3) is 2.78. The van der Waals surface area contributed by atoms with Gasteiger partial charge in [0, 0.05) is 37.8 Å². The fraction of sp³-hybridized carbons (Fsp3) is 0.600. The lowest BCUT2D eigenvalue weighted by atomic mass is 10.2. The van der Waals surface area contributed by atoms with Gasteiger partial charge in [0.05, 0.1) is 12.1 Å². The lowest BCUT2D eigenvalue weighted by molar-refractivity contribution is -0.138. The minimum Gasteiger partial charge on any atom is -0.366 e. The van der Waals surface area contributed by atoms with E-state index in [1.807, 2.05) is 11.7 Å². The van der Waals surface area contributed by atoms with Crippen molar-refractivity contribution in [2.45, 2.75) is 12.6 Å². The fourth-order valence-electron chi connectivity index (χ4n) is 1.71. The highest BCUT2D eigenvalue weighted by Crippen LogP contribution is 2.13. The number of morpholine rings is 1. The number of aromatic nitrogens is 1. The number of thiazole rings is 1. The van der Waals surface area contributed by atoms with E-state index in [9.17, 15) is 4.79 Å². The summed E-state index contributed by atoms with van der Waals surface area (Å²) >= 11 is 1.64. The molecule has 16 heavy (non-hydrogen) atoms. The van der Waals surface area contributed by atoms with Crippen LogP contribution in [0.25, 0.3) is 0 Å². The summed E-state index contributed by atoms with van der Waals surface area (Å²) in [4.78, 5) is 18.9. The topological polar surface area (TPSA) is 54.5 Å². The molecule has 0 aliphatic carbocycles. The van der Waals surface area contributed by atoms with E-state index in [0.717, 1.165) is 13.1 Å². The minimum absolute atomic E-state index is 0.0472. The second-order valence-electron chi connectivity index (χ2n) is 3.68. The Labute approximate surface area is 98.4 Å². The number of carbonyl (C=O) groups is 1. The lowest BCUT2D eigenvalue weighted by Crippen LogP contribution is -2.48. The van der Waals surface area contributed by atoms with Crippen molar-refractivity contribution >= 4 is 17.2 Å². The van der Waals surface area contributed by atoms with E-state index in [4.69, 9.17) is 4.74 Å². The average Bonchev–Trinajstić information content (AvgIpc) is 2.81. The van der Waals surface area contributed by atoms with E-state index >= 15 is 0 Å². The van der Waals surface area contributed by atoms with Crippen molar-refractivity contribution in [1.29, 1.82) is 0 Å². The molecule has 6 heteroatoms. The molecular weight excluding hydrogens is 226 g/mol. The van der Waals surface area contributed by atoms with Crippen molar-refractivity contribution in [2.75, 3.05) is 26.7 Å². The number of likely N-dealkylation sites (N-methyl/N-ethyl adjacent to an activating group) is 1. The third-order valence-corrected chi connectivity index (χ3v) is 3.32. The Kier molecular flexibility index (Phi) is 3.87. The summed E-state index contributed by atoms with van der Waals surface area (Å²) in [5.74, 6) is -0.0472. The molecule has 1 saturated heterocycles. The van der Waals surface area contributed by atoms with Crippen molar-refractivity contribution < 1.29 is 9.53 Å². The molecule has 0 radical (unpaired) electrons. The molecule has 1 aliphatic heterocycles. The number of nitrogens with zero attached hydrogens (tertiary/aromatic N) is 2. The highest BCUT2D eigenvalue weighted by molar-refractivity contribution is 7.09. The Morgan fingerprint density at radius 1 is 1.81 bits per heavy atom. The van der Waals surface area contributed by atoms with Crippen LogP contribution in [0, 0.1) is 0 Å². The maximum absolute atomic E-state index is 11.4. The second-order valence-corrected chi connectivity index (χ2v) is 4.65. The number of hydrogen-bond donors (Lipinski definition) is 1. The predicted molar refractivity (Wildman–Crippen MR) is 61.2 cm³/mol. The standard InChI is InChI=1S/C10H15N3O2S/c1-11-10(14)9-6-13(2-3-15-9)5-8-4-12-7-16-8/h4,7,9H,2-3,5-6H2,1H3,(H,11,14)/t9-/m0/s1. The first kappa shape index (κ1) is 11.5. The maximum Gasteiger partial charge on any atom is 0.250 e. The Morgan fingerprint density at radius 2 is 2.69 bits per heavy atom. The van der Waals surface area contributed by atoms with E-state index in [-0.39, 0.29) is 12.0 Å². The first-order valence-electron chi connectivity index (χ1n) is 5.22. The molecule has 2 heterocycles. The summed E-state index contributed by atoms with van der Waals surface area (Å²) in [6, 6.07) is 0. The highest BCUT2D eigenvalue weighted by Gasteiger charge is 2.25. The van der Waals surface area contributed by atoms with E-state index in [1.165, 1.54) is 4.88 Å². The zero-order chi connectivity index (χ0) is 11.4. The van der Waals surface area contributed by atoms with Crippen molar-refractivity contribution in [3.8, 4) is 0 Å². The van der Waals surface area contributed by atoms with E-state index in [0.29, 0.717) is 13.2 Å². The van der Waals surface area contributed by atoms with Gasteiger partial charge in [-0.05, 0) is 0 Å². The summed E-state index contributed by atoms with van der Waals surface area (Å²) in [5, 5.41) is 2.61. The fourth-order valence-corrected chi connectivity index (χ4v) is 2.34. The van der Waals surface area contributed by atoms with Gasteiger partial charge in [-0.1, -0.05) is 0 Å². The molecule has 5 nitrogen and oxygen atoms in total. The van der Waals surface area contributed by atoms with E-state index < -0.39 is 0 Å². The molecule has 1 aliphatic rings. The smallest absolute Gasteiger partial charge is 0.250 e. The average molecular weight is 241 g/mol. The van der Waals surface area contributed by atoms with Gasteiger partial charge in [0.25, 0.3) is 0 Å². The molecule has 1 aromatic rings. The molecule has 0 spiro atoms. The summed E-state index contributed by atoms with van der Waals surface area (Å²) < 4.78 is 5.41. The molecule has 1 amide bonds. The highest BCUT2D eigenvalue weighted by atomic mass is 32.1. The van der Waals surface area contributed by atoms with Crippen molar-refractivity contribution in [3.05, 3.63) is 16.6 Å². The molecule has 0 unspecified atom stereocenters. The maximum atomic E-state index is 11.4. The first-order chi connectivity index (χ1) is 7.79. The SMILES string of the molecule is CNC(=O)[C@@H]1CN(Cc2cncs2)CCO1. The molecule has 1 aromatic heterocycles. The van der Waals surface area contributed by atoms with Crippen LogP contribution in [-0.4, -0.2) is 48.6 Å². The van der Waals surface area contributed by atoms with Crippen LogP contribution >= 0.6 is 11.3 Å². The number of carbonyl (C=O) groups excluding carboxylic acids is 1. The summed E-state index contributed by atoms with van der Waals surface area (Å²) in [6.45, 7) is 2.97. The van der Waals surface area contributed by atoms with Crippen LogP contribution in [0.3, 0.4) is 0 Å². The van der Waals surface area contributed by atoms with Crippen LogP contribution in [0.2, 0.25) is 0 Å². The molecule has 1 atom stereocenters. The van der Waals surface area contributed by atoms with Crippen LogP contribution in [-0.2, 0) is 16.1 Å². The Balaban J connectivity index is 1.89. The molecule has 0 bridgehead atoms. The van der Waals surface area contributed by atoms with Crippen molar-refractivity contribution in [3.63, 3.8) is 0 Å². The van der Waals surface area contributed by atoms with E-state index in [1.54, 1.807) is 18.4 Å². The largest absolute Gasteiger partial charge is 0.366 e. The third-order valence-electron chi connectivity index (χ3n) is 2.55. The molecule has 1 fully saturated rings. The summed E-state index contributed by atoms with van der Waals surface area (Å²) in [6.07, 6.45) is 1.53. The van der Waals surface area contributed by atoms with Crippen LogP contribution in [0.4, 0.5) is 0 Å². The number of hydrogen-bond acceptors (Lipinski definition) is 5. The molecule has 0 saturated carbocycles. The van der Waals surface area contributed by atoms with Crippen molar-refractivity contribution in [2.24, 2.45) is 0 Å². The summed E-state index contributed by atoms with van der Waals surface area (Å²) in [7, 11) is 1.63. The number of amides is 1. The van der Waals surface area contributed by atoms with Gasteiger partial charge >= 0.3 is 0 Å². The molecule has 1 N–H and O–H groups in total. The van der Waals surface area contributed by atoms with Gasteiger partial charge in [-0.15, -0.1) is 11.3 Å². The predicted octanol–water partition coefficient (Wildman–Crippen LogP) is 0.0899. The molecular formula is C10H15N3O2S. The zero-order valence-electron chi connectivity index (χ0n) is 9.18. The van der Waals surface area contributed by atoms with Gasteiger partial charge in [-0.3, -0.25) is 14.7 Å². The molecule has 88 valence electrons. The number of rotatable bonds is 3. The molecule has 0 aromatic carbocycles. The van der Waals surface area contributed by atoms with Gasteiger partial charge in [-0.2, -0.15) is 0 Å². The van der Waals surface area contributed by atoms with Gasteiger partial charge in [0.15, 0.2) is 0 Å². The zero-order valence-corrected chi connectivity index (χ0v) is 10.00. The number of ether oxygens (including phenoxy) is 1. The summed E-state index contributed by atoms with van der Waals surface area (Å²) in [5.41, 5.74) is 1.83. The van der Waals surface area contributed by atoms with Crippen LogP contribution in [0.1, 0.15) is 4.88 Å². The van der Waals surface area contributed by atoms with Crippen molar-refractivity contribution in [1.82, 2.24) is 15.2 Å². The Morgan fingerprint density at radius 3 is 3.38 bits per heavy atom. The first-order valence-corrected chi connectivity index (χ1v) is 6.10. The van der Waals surface area contributed by atoms with Gasteiger partial charge in [0.1, 0.15) is 6.10 Å². The van der Waals surface area contributed by atoms with Crippen LogP contribution < -0.4 is 5.32 Å². The van der Waals surface area contributed by atoms with Gasteiger partial charge in [-0.25, -0.2) is 0 Å². The number of nitrogens with one attached hydrogen (secondary N) is 1. The second kappa shape index (κ2) is 5.38. The molecule has 2 rings (SSSR count). The quantitative estimate of drug-likeness (QED) is 0.815. The van der Waals surface area contributed by atoms with E-state index in [2.05, 4.69) is 15.2 Å².